The van der Waals surface area contributed by atoms with Gasteiger partial charge in [-0.2, -0.15) is 0 Å². The van der Waals surface area contributed by atoms with E-state index in [9.17, 15) is 4.79 Å². The number of hydrogen-bond donors (Lipinski definition) is 0. The average Bonchev–Trinajstić information content (AvgIpc) is 2.28. The summed E-state index contributed by atoms with van der Waals surface area (Å²) in [5, 5.41) is 0. The van der Waals surface area contributed by atoms with Crippen molar-refractivity contribution < 1.29 is 9.53 Å². The lowest BCUT2D eigenvalue weighted by Crippen LogP contribution is -2.30. The van der Waals surface area contributed by atoms with E-state index in [1.165, 1.54) is 0 Å². The van der Waals surface area contributed by atoms with Crippen LogP contribution >= 0.6 is 0 Å². The molecular weight excluding hydrogens is 226 g/mol. The van der Waals surface area contributed by atoms with Gasteiger partial charge >= 0.3 is 5.97 Å². The van der Waals surface area contributed by atoms with Gasteiger partial charge in [-0.05, 0) is 38.3 Å². The maximum atomic E-state index is 11.5. The van der Waals surface area contributed by atoms with Crippen molar-refractivity contribution in [3.8, 4) is 5.75 Å². The number of benzene rings is 1. The summed E-state index contributed by atoms with van der Waals surface area (Å²) in [5.74, 6) is 0.861. The van der Waals surface area contributed by atoms with Crippen molar-refractivity contribution in [1.29, 1.82) is 0 Å². The van der Waals surface area contributed by atoms with Crippen molar-refractivity contribution in [1.82, 2.24) is 0 Å². The van der Waals surface area contributed by atoms with Crippen LogP contribution in [0.5, 0.6) is 5.75 Å². The smallest absolute Gasteiger partial charge is 0.311 e. The minimum absolute atomic E-state index is 0.125. The van der Waals surface area contributed by atoms with E-state index >= 15 is 0 Å². The standard InChI is InChI=1S/C15H21NO2/c1-5-16(10(2)3)12-6-7-13-11(4)8-15(17)18-14(13)9-12/h6-7,9-11H,5,8H2,1-4H3. The molecule has 0 N–H and O–H groups in total. The lowest BCUT2D eigenvalue weighted by molar-refractivity contribution is -0.135. The van der Waals surface area contributed by atoms with Crippen molar-refractivity contribution in [2.75, 3.05) is 11.4 Å². The van der Waals surface area contributed by atoms with Crippen molar-refractivity contribution in [2.24, 2.45) is 0 Å². The number of carbonyl (C=O) groups excluding carboxylic acids is 1. The number of ether oxygens (including phenoxy) is 1. The van der Waals surface area contributed by atoms with Gasteiger partial charge in [0.05, 0.1) is 6.42 Å². The molecule has 0 bridgehead atoms. The average molecular weight is 247 g/mol. The zero-order valence-electron chi connectivity index (χ0n) is 11.6. The zero-order valence-corrected chi connectivity index (χ0v) is 11.6. The maximum Gasteiger partial charge on any atom is 0.311 e. The second-order valence-electron chi connectivity index (χ2n) is 5.18. The van der Waals surface area contributed by atoms with E-state index in [0.717, 1.165) is 23.5 Å². The Hall–Kier alpha value is -1.51. The SMILES string of the molecule is CCN(c1ccc2c(c1)OC(=O)CC2C)C(C)C. The molecule has 1 aliphatic heterocycles. The van der Waals surface area contributed by atoms with Gasteiger partial charge in [-0.25, -0.2) is 0 Å². The van der Waals surface area contributed by atoms with Gasteiger partial charge in [-0.15, -0.1) is 0 Å². The first-order valence-corrected chi connectivity index (χ1v) is 6.64. The molecule has 3 heteroatoms. The van der Waals surface area contributed by atoms with E-state index < -0.39 is 0 Å². The predicted octanol–water partition coefficient (Wildman–Crippen LogP) is 3.33. The Morgan fingerprint density at radius 2 is 2.17 bits per heavy atom. The molecule has 0 fully saturated rings. The van der Waals surface area contributed by atoms with E-state index in [1.54, 1.807) is 0 Å². The summed E-state index contributed by atoms with van der Waals surface area (Å²) in [6.07, 6.45) is 0.480. The fourth-order valence-electron chi connectivity index (χ4n) is 2.57. The summed E-state index contributed by atoms with van der Waals surface area (Å²) in [5.41, 5.74) is 2.26. The first kappa shape index (κ1) is 12.9. The number of anilines is 1. The molecule has 1 aromatic carbocycles. The minimum Gasteiger partial charge on any atom is -0.426 e. The van der Waals surface area contributed by atoms with Gasteiger partial charge < -0.3 is 9.64 Å². The van der Waals surface area contributed by atoms with Crippen LogP contribution in [-0.2, 0) is 4.79 Å². The van der Waals surface area contributed by atoms with Crippen LogP contribution in [-0.4, -0.2) is 18.6 Å². The van der Waals surface area contributed by atoms with Gasteiger partial charge in [-0.1, -0.05) is 13.0 Å². The van der Waals surface area contributed by atoms with Crippen LogP contribution in [0.3, 0.4) is 0 Å². The largest absolute Gasteiger partial charge is 0.426 e. The van der Waals surface area contributed by atoms with Crippen LogP contribution in [0.25, 0.3) is 0 Å². The molecule has 0 amide bonds. The third-order valence-corrected chi connectivity index (χ3v) is 3.52. The van der Waals surface area contributed by atoms with Gasteiger partial charge in [0.25, 0.3) is 0 Å². The monoisotopic (exact) mass is 247 g/mol. The van der Waals surface area contributed by atoms with Crippen molar-refractivity contribution in [3.63, 3.8) is 0 Å². The number of rotatable bonds is 3. The topological polar surface area (TPSA) is 29.5 Å². The predicted molar refractivity (Wildman–Crippen MR) is 73.3 cm³/mol. The minimum atomic E-state index is -0.125. The molecule has 0 saturated carbocycles. The van der Waals surface area contributed by atoms with Gasteiger partial charge in [0.15, 0.2) is 0 Å². The lowest BCUT2D eigenvalue weighted by Gasteiger charge is -2.29. The quantitative estimate of drug-likeness (QED) is 0.606. The van der Waals surface area contributed by atoms with E-state index in [1.807, 2.05) is 6.07 Å². The molecule has 1 aromatic rings. The molecule has 2 rings (SSSR count). The summed E-state index contributed by atoms with van der Waals surface area (Å²) in [6.45, 7) is 9.47. The molecule has 1 unspecified atom stereocenters. The number of hydrogen-bond acceptors (Lipinski definition) is 3. The number of carbonyl (C=O) groups is 1. The fourth-order valence-corrected chi connectivity index (χ4v) is 2.57. The van der Waals surface area contributed by atoms with Crippen LogP contribution in [0.1, 0.15) is 45.6 Å². The Kier molecular flexibility index (Phi) is 3.60. The maximum absolute atomic E-state index is 11.5. The lowest BCUT2D eigenvalue weighted by atomic mass is 9.94. The van der Waals surface area contributed by atoms with Gasteiger partial charge in [0, 0.05) is 24.3 Å². The summed E-state index contributed by atoms with van der Waals surface area (Å²) >= 11 is 0. The third-order valence-electron chi connectivity index (χ3n) is 3.52. The van der Waals surface area contributed by atoms with E-state index in [0.29, 0.717) is 12.5 Å². The number of nitrogens with zero attached hydrogens (tertiary/aromatic N) is 1. The summed E-state index contributed by atoms with van der Waals surface area (Å²) in [6, 6.07) is 6.64. The van der Waals surface area contributed by atoms with Crippen LogP contribution < -0.4 is 9.64 Å². The Morgan fingerprint density at radius 1 is 1.44 bits per heavy atom. The van der Waals surface area contributed by atoms with Crippen molar-refractivity contribution in [3.05, 3.63) is 23.8 Å². The molecule has 0 saturated heterocycles. The molecule has 18 heavy (non-hydrogen) atoms. The molecule has 0 aromatic heterocycles. The Labute approximate surface area is 109 Å². The van der Waals surface area contributed by atoms with Gasteiger partial charge in [-0.3, -0.25) is 4.79 Å². The van der Waals surface area contributed by atoms with E-state index in [4.69, 9.17) is 4.74 Å². The second-order valence-corrected chi connectivity index (χ2v) is 5.18. The first-order chi connectivity index (χ1) is 8.52. The Balaban J connectivity index is 2.37. The van der Waals surface area contributed by atoms with Crippen LogP contribution in [0.2, 0.25) is 0 Å². The van der Waals surface area contributed by atoms with E-state index in [2.05, 4.69) is 44.7 Å². The highest BCUT2D eigenvalue weighted by Crippen LogP contribution is 2.36. The highest BCUT2D eigenvalue weighted by atomic mass is 16.5. The Morgan fingerprint density at radius 3 is 2.78 bits per heavy atom. The zero-order chi connectivity index (χ0) is 13.3. The molecule has 1 aliphatic rings. The highest BCUT2D eigenvalue weighted by molar-refractivity contribution is 5.77. The van der Waals surface area contributed by atoms with Gasteiger partial charge in [0.1, 0.15) is 5.75 Å². The summed E-state index contributed by atoms with van der Waals surface area (Å²) in [4.78, 5) is 13.8. The highest BCUT2D eigenvalue weighted by Gasteiger charge is 2.24. The molecule has 0 spiro atoms. The third kappa shape index (κ3) is 2.35. The van der Waals surface area contributed by atoms with Crippen molar-refractivity contribution >= 4 is 11.7 Å². The molecule has 1 atom stereocenters. The molecule has 0 radical (unpaired) electrons. The second kappa shape index (κ2) is 5.01. The molecule has 1 heterocycles. The Bertz CT molecular complexity index is 454. The molecule has 3 nitrogen and oxygen atoms in total. The first-order valence-electron chi connectivity index (χ1n) is 6.64. The molecule has 0 aliphatic carbocycles. The summed E-state index contributed by atoms with van der Waals surface area (Å²) in [7, 11) is 0. The van der Waals surface area contributed by atoms with Crippen molar-refractivity contribution in [2.45, 2.75) is 46.1 Å². The van der Waals surface area contributed by atoms with Crippen LogP contribution in [0.4, 0.5) is 5.69 Å². The number of fused-ring (bicyclic) bond motifs is 1. The fraction of sp³-hybridized carbons (Fsp3) is 0.533. The van der Waals surface area contributed by atoms with Crippen LogP contribution in [0, 0.1) is 0 Å². The van der Waals surface area contributed by atoms with E-state index in [-0.39, 0.29) is 11.9 Å². The molecule has 98 valence electrons. The summed E-state index contributed by atoms with van der Waals surface area (Å²) < 4.78 is 5.35. The normalized spacial score (nSPS) is 18.5. The molecular formula is C15H21NO2. The van der Waals surface area contributed by atoms with Gasteiger partial charge in [0.2, 0.25) is 0 Å². The number of esters is 1. The van der Waals surface area contributed by atoms with Crippen LogP contribution in [0.15, 0.2) is 18.2 Å².